The molecule has 5 nitrogen and oxygen atoms in total. The van der Waals surface area contributed by atoms with Crippen LogP contribution in [0, 0.1) is 24.6 Å². The van der Waals surface area contributed by atoms with Gasteiger partial charge in [-0.2, -0.15) is 13.2 Å². The summed E-state index contributed by atoms with van der Waals surface area (Å²) < 4.78 is 52.7. The highest BCUT2D eigenvalue weighted by Crippen LogP contribution is 2.39. The fourth-order valence-corrected chi connectivity index (χ4v) is 3.14. The number of hydrogen-bond donors (Lipinski definition) is 1. The maximum atomic E-state index is 13.3. The summed E-state index contributed by atoms with van der Waals surface area (Å²) in [7, 11) is 0. The van der Waals surface area contributed by atoms with Crippen LogP contribution in [0.4, 0.5) is 23.4 Å². The largest absolute Gasteiger partial charge is 0.481 e. The number of aliphatic carboxylic acids is 1. The molecule has 0 bridgehead atoms. The Morgan fingerprint density at radius 2 is 1.96 bits per heavy atom. The Kier molecular flexibility index (Phi) is 4.55. The van der Waals surface area contributed by atoms with Crippen LogP contribution >= 0.6 is 0 Å². The van der Waals surface area contributed by atoms with Gasteiger partial charge in [0, 0.05) is 18.7 Å². The summed E-state index contributed by atoms with van der Waals surface area (Å²) >= 11 is 0. The second-order valence-electron chi connectivity index (χ2n) is 6.24. The van der Waals surface area contributed by atoms with Gasteiger partial charge in [0.2, 0.25) is 0 Å². The second kappa shape index (κ2) is 6.54. The SMILES string of the molecule is Cc1cc(-c2cccc(F)c2)nnc1N1C[C@@H](C(F)(F)F)[C@H](C(=O)O)C1. The summed E-state index contributed by atoms with van der Waals surface area (Å²) in [4.78, 5) is 12.5. The van der Waals surface area contributed by atoms with Gasteiger partial charge < -0.3 is 10.0 Å². The molecule has 1 aliphatic rings. The lowest BCUT2D eigenvalue weighted by Crippen LogP contribution is -2.33. The molecular weight excluding hydrogens is 354 g/mol. The van der Waals surface area contributed by atoms with E-state index in [0.717, 1.165) is 0 Å². The molecule has 0 spiro atoms. The minimum atomic E-state index is -4.61. The number of anilines is 1. The number of carbonyl (C=O) groups is 1. The zero-order valence-corrected chi connectivity index (χ0v) is 13.7. The van der Waals surface area contributed by atoms with Crippen LogP contribution < -0.4 is 4.90 Å². The molecule has 1 aromatic heterocycles. The Morgan fingerprint density at radius 1 is 1.23 bits per heavy atom. The van der Waals surface area contributed by atoms with E-state index in [2.05, 4.69) is 10.2 Å². The smallest absolute Gasteiger partial charge is 0.394 e. The lowest BCUT2D eigenvalue weighted by molar-refractivity contribution is -0.187. The average molecular weight is 369 g/mol. The average Bonchev–Trinajstić information content (AvgIpc) is 3.00. The molecule has 0 unspecified atom stereocenters. The molecule has 138 valence electrons. The first-order valence-electron chi connectivity index (χ1n) is 7.81. The van der Waals surface area contributed by atoms with Crippen molar-refractivity contribution in [2.45, 2.75) is 13.1 Å². The van der Waals surface area contributed by atoms with Gasteiger partial charge in [-0.1, -0.05) is 12.1 Å². The van der Waals surface area contributed by atoms with Crippen LogP contribution in [0.5, 0.6) is 0 Å². The Balaban J connectivity index is 1.90. The summed E-state index contributed by atoms with van der Waals surface area (Å²) in [5, 5.41) is 17.0. The van der Waals surface area contributed by atoms with E-state index in [0.29, 0.717) is 16.8 Å². The highest BCUT2D eigenvalue weighted by Gasteiger charge is 2.53. The molecule has 0 radical (unpaired) electrons. The van der Waals surface area contributed by atoms with E-state index in [1.54, 1.807) is 19.1 Å². The minimum absolute atomic E-state index is 0.197. The maximum Gasteiger partial charge on any atom is 0.394 e. The van der Waals surface area contributed by atoms with Crippen molar-refractivity contribution in [1.82, 2.24) is 10.2 Å². The third kappa shape index (κ3) is 3.47. The third-order valence-corrected chi connectivity index (χ3v) is 4.44. The topological polar surface area (TPSA) is 66.3 Å². The van der Waals surface area contributed by atoms with E-state index in [4.69, 9.17) is 5.11 Å². The fourth-order valence-electron chi connectivity index (χ4n) is 3.14. The van der Waals surface area contributed by atoms with E-state index in [9.17, 15) is 22.4 Å². The van der Waals surface area contributed by atoms with Crippen molar-refractivity contribution >= 4 is 11.8 Å². The second-order valence-corrected chi connectivity index (χ2v) is 6.24. The molecule has 3 rings (SSSR count). The van der Waals surface area contributed by atoms with E-state index < -0.39 is 36.3 Å². The first kappa shape index (κ1) is 18.1. The number of halogens is 4. The fraction of sp³-hybridized carbons (Fsp3) is 0.353. The molecule has 0 amide bonds. The third-order valence-electron chi connectivity index (χ3n) is 4.44. The summed E-state index contributed by atoms with van der Waals surface area (Å²) in [6.45, 7) is 0.854. The van der Waals surface area contributed by atoms with Crippen LogP contribution in [0.15, 0.2) is 30.3 Å². The van der Waals surface area contributed by atoms with Gasteiger partial charge in [0.05, 0.1) is 17.5 Å². The molecule has 0 aliphatic carbocycles. The molecule has 26 heavy (non-hydrogen) atoms. The van der Waals surface area contributed by atoms with Crippen molar-refractivity contribution in [1.29, 1.82) is 0 Å². The van der Waals surface area contributed by atoms with E-state index in [1.807, 2.05) is 0 Å². The monoisotopic (exact) mass is 369 g/mol. The molecule has 2 heterocycles. The number of carboxylic acid groups (broad SMARTS) is 1. The zero-order valence-electron chi connectivity index (χ0n) is 13.7. The van der Waals surface area contributed by atoms with Gasteiger partial charge in [-0.25, -0.2) is 4.39 Å². The van der Waals surface area contributed by atoms with E-state index in [1.165, 1.54) is 23.1 Å². The van der Waals surface area contributed by atoms with Gasteiger partial charge in [-0.15, -0.1) is 10.2 Å². The highest BCUT2D eigenvalue weighted by molar-refractivity contribution is 5.73. The molecule has 2 aromatic rings. The van der Waals surface area contributed by atoms with Crippen molar-refractivity contribution in [3.8, 4) is 11.3 Å². The molecule has 2 atom stereocenters. The number of rotatable bonds is 3. The number of alkyl halides is 3. The maximum absolute atomic E-state index is 13.3. The van der Waals surface area contributed by atoms with Gasteiger partial charge in [0.15, 0.2) is 5.82 Å². The van der Waals surface area contributed by atoms with Gasteiger partial charge in [-0.05, 0) is 30.7 Å². The van der Waals surface area contributed by atoms with Crippen LogP contribution in [0.3, 0.4) is 0 Å². The molecule has 1 aliphatic heterocycles. The number of carboxylic acids is 1. The summed E-state index contributed by atoms with van der Waals surface area (Å²) in [6, 6.07) is 7.31. The van der Waals surface area contributed by atoms with Crippen LogP contribution in [0.2, 0.25) is 0 Å². The Morgan fingerprint density at radius 3 is 2.50 bits per heavy atom. The van der Waals surface area contributed by atoms with Crippen LogP contribution in [0.25, 0.3) is 11.3 Å². The lowest BCUT2D eigenvalue weighted by atomic mass is 9.96. The van der Waals surface area contributed by atoms with Gasteiger partial charge in [0.1, 0.15) is 5.82 Å². The Bertz CT molecular complexity index is 841. The lowest BCUT2D eigenvalue weighted by Gasteiger charge is -2.20. The number of benzene rings is 1. The summed E-state index contributed by atoms with van der Waals surface area (Å²) in [5.74, 6) is -5.26. The standard InChI is InChI=1S/C17H15F4N3O2/c1-9-5-14(10-3-2-4-11(18)6-10)22-23-15(9)24-7-12(16(25)26)13(8-24)17(19,20)21/h2-6,12-13H,7-8H2,1H3,(H,25,26)/t12-,13-/m1/s1. The van der Waals surface area contributed by atoms with Crippen molar-refractivity contribution in [2.24, 2.45) is 11.8 Å². The van der Waals surface area contributed by atoms with Crippen molar-refractivity contribution < 1.29 is 27.5 Å². The Hall–Kier alpha value is -2.71. The van der Waals surface area contributed by atoms with E-state index >= 15 is 0 Å². The minimum Gasteiger partial charge on any atom is -0.481 e. The first-order chi connectivity index (χ1) is 12.2. The molecule has 1 N–H and O–H groups in total. The van der Waals surface area contributed by atoms with Gasteiger partial charge in [-0.3, -0.25) is 4.79 Å². The predicted molar refractivity (Wildman–Crippen MR) is 85.0 cm³/mol. The number of aromatic nitrogens is 2. The summed E-state index contributed by atoms with van der Waals surface area (Å²) in [5.41, 5.74) is 1.41. The number of nitrogens with zero attached hydrogens (tertiary/aromatic N) is 3. The van der Waals surface area contributed by atoms with Crippen molar-refractivity contribution in [2.75, 3.05) is 18.0 Å². The molecular formula is C17H15F4N3O2. The quantitative estimate of drug-likeness (QED) is 0.841. The van der Waals surface area contributed by atoms with Crippen LogP contribution in [0.1, 0.15) is 5.56 Å². The van der Waals surface area contributed by atoms with Gasteiger partial charge >= 0.3 is 12.1 Å². The predicted octanol–water partition coefficient (Wildman–Crippen LogP) is 3.29. The molecule has 0 saturated carbocycles. The number of hydrogen-bond acceptors (Lipinski definition) is 4. The van der Waals surface area contributed by atoms with Gasteiger partial charge in [0.25, 0.3) is 0 Å². The molecule has 1 fully saturated rings. The van der Waals surface area contributed by atoms with Crippen LogP contribution in [-0.2, 0) is 4.79 Å². The van der Waals surface area contributed by atoms with Crippen molar-refractivity contribution in [3.63, 3.8) is 0 Å². The number of aryl methyl sites for hydroxylation is 1. The highest BCUT2D eigenvalue weighted by atomic mass is 19.4. The van der Waals surface area contributed by atoms with Crippen molar-refractivity contribution in [3.05, 3.63) is 41.7 Å². The van der Waals surface area contributed by atoms with Crippen LogP contribution in [-0.4, -0.2) is 40.5 Å². The zero-order chi connectivity index (χ0) is 19.1. The Labute approximate surface area is 146 Å². The summed E-state index contributed by atoms with van der Waals surface area (Å²) in [6.07, 6.45) is -4.61. The normalized spacial score (nSPS) is 20.4. The van der Waals surface area contributed by atoms with E-state index in [-0.39, 0.29) is 12.4 Å². The molecule has 9 heteroatoms. The first-order valence-corrected chi connectivity index (χ1v) is 7.81. The molecule has 1 saturated heterocycles. The molecule has 1 aromatic carbocycles.